The summed E-state index contributed by atoms with van der Waals surface area (Å²) in [5.74, 6) is -0.589. The summed E-state index contributed by atoms with van der Waals surface area (Å²) in [6.45, 7) is 3.57. The fourth-order valence-corrected chi connectivity index (χ4v) is 3.22. The molecule has 3 aromatic rings. The third kappa shape index (κ3) is 4.16. The monoisotopic (exact) mass is 409 g/mol. The molecule has 1 fully saturated rings. The molecule has 0 bridgehead atoms. The van der Waals surface area contributed by atoms with Gasteiger partial charge in [-0.3, -0.25) is 0 Å². The number of H-pyrrole nitrogens is 1. The van der Waals surface area contributed by atoms with Crippen LogP contribution in [0, 0.1) is 12.7 Å². The number of aliphatic hydroxyl groups is 3. The Morgan fingerprint density at radius 2 is 1.96 bits per heavy atom. The number of halogens is 2. The molecule has 4 N–H and O–H groups in total. The summed E-state index contributed by atoms with van der Waals surface area (Å²) in [5, 5.41) is 30.3. The average molecular weight is 410 g/mol. The lowest BCUT2D eigenvalue weighted by molar-refractivity contribution is -0.0635. The minimum atomic E-state index is -1.20. The van der Waals surface area contributed by atoms with Crippen LogP contribution < -0.4 is 0 Å². The maximum atomic E-state index is 13.0. The standard InChI is InChI=1S/C12H14ClFO4.C7H7N3/c1-5-9(15)11(17)12(18-5)10(16)6-2-3-8(14)7(13)4-6;1-5-6-2-3-8-7(6)10-4-9-5/h2-5,9-12,15-17H,1H3;2-4H,1H3,(H,8,9,10)/t5-,9-,10+,11-,12+;/m0./s1. The van der Waals surface area contributed by atoms with Gasteiger partial charge in [-0.1, -0.05) is 17.7 Å². The van der Waals surface area contributed by atoms with Gasteiger partial charge in [0.15, 0.2) is 0 Å². The Labute approximate surface area is 165 Å². The molecule has 150 valence electrons. The van der Waals surface area contributed by atoms with Gasteiger partial charge in [0.2, 0.25) is 0 Å². The van der Waals surface area contributed by atoms with E-state index < -0.39 is 36.3 Å². The SMILES string of the molecule is C[C@@H]1O[C@H]([C@H](O)c2ccc(F)c(Cl)c2)[C@@H](O)[C@H]1O.Cc1ncnc2[nH]ccc12. The van der Waals surface area contributed by atoms with Crippen LogP contribution in [0.25, 0.3) is 11.0 Å². The molecule has 1 aliphatic rings. The zero-order chi connectivity index (χ0) is 20.4. The van der Waals surface area contributed by atoms with Crippen LogP contribution in [-0.2, 0) is 4.74 Å². The van der Waals surface area contributed by atoms with E-state index in [0.29, 0.717) is 5.56 Å². The molecule has 0 spiro atoms. The molecule has 28 heavy (non-hydrogen) atoms. The van der Waals surface area contributed by atoms with Crippen molar-refractivity contribution in [1.82, 2.24) is 15.0 Å². The smallest absolute Gasteiger partial charge is 0.141 e. The van der Waals surface area contributed by atoms with Gasteiger partial charge in [-0.25, -0.2) is 14.4 Å². The van der Waals surface area contributed by atoms with Crippen molar-refractivity contribution in [3.63, 3.8) is 0 Å². The molecule has 0 amide bonds. The lowest BCUT2D eigenvalue weighted by Gasteiger charge is -2.21. The van der Waals surface area contributed by atoms with E-state index in [1.54, 1.807) is 13.3 Å². The van der Waals surface area contributed by atoms with Crippen molar-refractivity contribution >= 4 is 22.6 Å². The van der Waals surface area contributed by atoms with Crippen LogP contribution in [-0.4, -0.2) is 54.7 Å². The average Bonchev–Trinajstić information content (AvgIpc) is 3.26. The second-order valence-corrected chi connectivity index (χ2v) is 7.01. The molecule has 0 unspecified atom stereocenters. The number of hydrogen-bond donors (Lipinski definition) is 4. The zero-order valence-electron chi connectivity index (χ0n) is 15.3. The van der Waals surface area contributed by atoms with Crippen LogP contribution in [0.4, 0.5) is 4.39 Å². The minimum absolute atomic E-state index is 0.118. The molecule has 0 aliphatic carbocycles. The maximum Gasteiger partial charge on any atom is 0.141 e. The van der Waals surface area contributed by atoms with Crippen molar-refractivity contribution in [3.05, 3.63) is 58.9 Å². The van der Waals surface area contributed by atoms with Crippen LogP contribution in [0.1, 0.15) is 24.3 Å². The van der Waals surface area contributed by atoms with E-state index in [9.17, 15) is 19.7 Å². The summed E-state index contributed by atoms with van der Waals surface area (Å²) in [7, 11) is 0. The third-order valence-corrected chi connectivity index (χ3v) is 4.98. The van der Waals surface area contributed by atoms with Crippen molar-refractivity contribution in [1.29, 1.82) is 0 Å². The summed E-state index contributed by atoms with van der Waals surface area (Å²) in [6.07, 6.45) is -1.54. The van der Waals surface area contributed by atoms with Crippen molar-refractivity contribution in [3.8, 4) is 0 Å². The van der Waals surface area contributed by atoms with Crippen LogP contribution in [0.15, 0.2) is 36.8 Å². The molecule has 0 saturated carbocycles. The number of benzene rings is 1. The number of rotatable bonds is 2. The highest BCUT2D eigenvalue weighted by molar-refractivity contribution is 6.30. The van der Waals surface area contributed by atoms with Gasteiger partial charge in [0, 0.05) is 11.6 Å². The second kappa shape index (κ2) is 8.50. The molecule has 5 atom stereocenters. The fourth-order valence-electron chi connectivity index (χ4n) is 3.03. The predicted octanol–water partition coefficient (Wildman–Crippen LogP) is 2.29. The molecule has 4 rings (SSSR count). The van der Waals surface area contributed by atoms with Crippen molar-refractivity contribution < 1.29 is 24.4 Å². The zero-order valence-corrected chi connectivity index (χ0v) is 16.0. The summed E-state index contributed by atoms with van der Waals surface area (Å²) in [4.78, 5) is 11.1. The Morgan fingerprint density at radius 3 is 2.57 bits per heavy atom. The molecule has 1 saturated heterocycles. The van der Waals surface area contributed by atoms with Crippen molar-refractivity contribution in [2.45, 2.75) is 44.4 Å². The highest BCUT2D eigenvalue weighted by atomic mass is 35.5. The molecule has 0 radical (unpaired) electrons. The normalized spacial score (nSPS) is 25.4. The lowest BCUT2D eigenvalue weighted by Crippen LogP contribution is -2.34. The Morgan fingerprint density at radius 1 is 1.21 bits per heavy atom. The third-order valence-electron chi connectivity index (χ3n) is 4.69. The first kappa shape index (κ1) is 20.6. The largest absolute Gasteiger partial charge is 0.388 e. The number of fused-ring (bicyclic) bond motifs is 1. The van der Waals surface area contributed by atoms with Crippen LogP contribution in [0.5, 0.6) is 0 Å². The minimum Gasteiger partial charge on any atom is -0.388 e. The molecular formula is C19H21ClFN3O4. The van der Waals surface area contributed by atoms with E-state index in [1.807, 2.05) is 19.2 Å². The first-order chi connectivity index (χ1) is 13.3. The van der Waals surface area contributed by atoms with Gasteiger partial charge in [0.05, 0.1) is 16.8 Å². The molecule has 2 aromatic heterocycles. The molecular weight excluding hydrogens is 389 g/mol. The number of aryl methyl sites for hydroxylation is 1. The predicted molar refractivity (Wildman–Crippen MR) is 101 cm³/mol. The van der Waals surface area contributed by atoms with E-state index in [4.69, 9.17) is 16.3 Å². The highest BCUT2D eigenvalue weighted by Crippen LogP contribution is 2.32. The number of hydrogen-bond acceptors (Lipinski definition) is 6. The Hall–Kier alpha value is -2.10. The Balaban J connectivity index is 0.000000188. The topological polar surface area (TPSA) is 111 Å². The quantitative estimate of drug-likeness (QED) is 0.516. The molecule has 7 nitrogen and oxygen atoms in total. The number of nitrogens with one attached hydrogen (secondary N) is 1. The summed E-state index contributed by atoms with van der Waals surface area (Å²) in [5.41, 5.74) is 2.26. The second-order valence-electron chi connectivity index (χ2n) is 6.60. The molecule has 9 heteroatoms. The Kier molecular flexibility index (Phi) is 6.26. The van der Waals surface area contributed by atoms with Crippen LogP contribution in [0.3, 0.4) is 0 Å². The number of ether oxygens (including phenoxy) is 1. The van der Waals surface area contributed by atoms with Gasteiger partial charge in [0.25, 0.3) is 0 Å². The van der Waals surface area contributed by atoms with Crippen LogP contribution >= 0.6 is 11.6 Å². The van der Waals surface area contributed by atoms with Crippen molar-refractivity contribution in [2.75, 3.05) is 0 Å². The molecule has 3 heterocycles. The van der Waals surface area contributed by atoms with Gasteiger partial charge in [0.1, 0.15) is 42.2 Å². The van der Waals surface area contributed by atoms with E-state index in [0.717, 1.165) is 22.8 Å². The van der Waals surface area contributed by atoms with Gasteiger partial charge < -0.3 is 25.0 Å². The first-order valence-electron chi connectivity index (χ1n) is 8.69. The van der Waals surface area contributed by atoms with E-state index in [1.165, 1.54) is 12.1 Å². The highest BCUT2D eigenvalue weighted by Gasteiger charge is 2.44. The molecule has 1 aliphatic heterocycles. The summed E-state index contributed by atoms with van der Waals surface area (Å²) < 4.78 is 18.3. The van der Waals surface area contributed by atoms with Gasteiger partial charge >= 0.3 is 0 Å². The number of aromatic amines is 1. The lowest BCUT2D eigenvalue weighted by atomic mass is 9.99. The van der Waals surface area contributed by atoms with Gasteiger partial charge in [-0.05, 0) is 37.6 Å². The first-order valence-corrected chi connectivity index (χ1v) is 9.06. The van der Waals surface area contributed by atoms with Crippen LogP contribution in [0.2, 0.25) is 5.02 Å². The fraction of sp³-hybridized carbons (Fsp3) is 0.368. The summed E-state index contributed by atoms with van der Waals surface area (Å²) in [6, 6.07) is 5.73. The molecule has 1 aromatic carbocycles. The number of nitrogens with zero attached hydrogens (tertiary/aromatic N) is 2. The van der Waals surface area contributed by atoms with Crippen molar-refractivity contribution in [2.24, 2.45) is 0 Å². The van der Waals surface area contributed by atoms with Gasteiger partial charge in [-0.15, -0.1) is 0 Å². The summed E-state index contributed by atoms with van der Waals surface area (Å²) >= 11 is 5.62. The van der Waals surface area contributed by atoms with E-state index in [2.05, 4.69) is 15.0 Å². The number of aliphatic hydroxyl groups excluding tert-OH is 3. The Bertz CT molecular complexity index is 954. The number of aromatic nitrogens is 3. The van der Waals surface area contributed by atoms with E-state index >= 15 is 0 Å². The van der Waals surface area contributed by atoms with Gasteiger partial charge in [-0.2, -0.15) is 0 Å². The van der Waals surface area contributed by atoms with E-state index in [-0.39, 0.29) is 5.02 Å². The maximum absolute atomic E-state index is 13.0.